The summed E-state index contributed by atoms with van der Waals surface area (Å²) in [7, 11) is -2.37. The van der Waals surface area contributed by atoms with E-state index in [1.54, 1.807) is 43.5 Å². The summed E-state index contributed by atoms with van der Waals surface area (Å²) in [6.45, 7) is -0.160. The molecule has 1 heterocycles. The first-order chi connectivity index (χ1) is 14.3. The molecule has 3 aromatic rings. The fraction of sp³-hybridized carbons (Fsp3) is 0.150. The number of nitrogens with zero attached hydrogens (tertiary/aromatic N) is 2. The van der Waals surface area contributed by atoms with E-state index in [1.807, 2.05) is 0 Å². The fourth-order valence-corrected chi connectivity index (χ4v) is 4.01. The number of sulfone groups is 1. The first-order valence-electron chi connectivity index (χ1n) is 8.78. The number of methoxy groups -OCH3 is 1. The smallest absolute Gasteiger partial charge is 0.267 e. The molecule has 0 spiro atoms. The highest BCUT2D eigenvalue weighted by Crippen LogP contribution is 2.20. The topological polar surface area (TPSA) is 107 Å². The number of aromatic nitrogens is 2. The van der Waals surface area contributed by atoms with Crippen LogP contribution in [0.25, 0.3) is 0 Å². The maximum Gasteiger partial charge on any atom is 0.267 e. The molecule has 1 N–H and O–H groups in total. The molecule has 0 saturated heterocycles. The molecular weight excluding hydrogens is 474 g/mol. The normalized spacial score (nSPS) is 11.1. The third kappa shape index (κ3) is 5.14. The Hall–Kier alpha value is -2.98. The lowest BCUT2D eigenvalue weighted by molar-refractivity contribution is -0.122. The minimum absolute atomic E-state index is 0.0346. The van der Waals surface area contributed by atoms with Crippen LogP contribution in [0.2, 0.25) is 0 Å². The second-order valence-electron chi connectivity index (χ2n) is 6.25. The summed E-state index contributed by atoms with van der Waals surface area (Å²) in [5.74, 6) is 0.225. The van der Waals surface area contributed by atoms with Gasteiger partial charge in [-0.1, -0.05) is 28.1 Å². The molecule has 0 radical (unpaired) electrons. The van der Waals surface area contributed by atoms with Crippen LogP contribution in [-0.2, 0) is 27.7 Å². The number of carbonyl (C=O) groups excluding carboxylic acids is 1. The Morgan fingerprint density at radius 2 is 1.73 bits per heavy atom. The average molecular weight is 492 g/mol. The number of hydrogen-bond acceptors (Lipinski definition) is 6. The average Bonchev–Trinajstić information content (AvgIpc) is 2.74. The van der Waals surface area contributed by atoms with Crippen LogP contribution in [0.3, 0.4) is 0 Å². The Morgan fingerprint density at radius 3 is 2.37 bits per heavy atom. The first-order valence-corrected chi connectivity index (χ1v) is 11.1. The van der Waals surface area contributed by atoms with Gasteiger partial charge in [0.05, 0.1) is 12.0 Å². The van der Waals surface area contributed by atoms with Gasteiger partial charge in [0, 0.05) is 17.1 Å². The largest absolute Gasteiger partial charge is 0.497 e. The predicted molar refractivity (Wildman–Crippen MR) is 113 cm³/mol. The van der Waals surface area contributed by atoms with Crippen LogP contribution in [0.5, 0.6) is 5.75 Å². The molecule has 8 nitrogen and oxygen atoms in total. The maximum absolute atomic E-state index is 12.8. The van der Waals surface area contributed by atoms with Crippen molar-refractivity contribution in [3.8, 4) is 5.75 Å². The highest BCUT2D eigenvalue weighted by atomic mass is 79.9. The SMILES string of the molecule is COc1ccc(CNC(=O)Cn2nc(S(=O)(=O)c3ccc(Br)cc3)ccc2=O)cc1. The van der Waals surface area contributed by atoms with Crippen LogP contribution in [0.4, 0.5) is 0 Å². The van der Waals surface area contributed by atoms with Crippen LogP contribution in [0.15, 0.2) is 79.9 Å². The number of nitrogens with one attached hydrogen (secondary N) is 1. The van der Waals surface area contributed by atoms with Crippen LogP contribution >= 0.6 is 15.9 Å². The number of carbonyl (C=O) groups is 1. The molecule has 30 heavy (non-hydrogen) atoms. The maximum atomic E-state index is 12.8. The van der Waals surface area contributed by atoms with E-state index < -0.39 is 27.8 Å². The molecular formula is C20H18BrN3O5S. The van der Waals surface area contributed by atoms with E-state index in [0.717, 1.165) is 26.9 Å². The Labute approximate surface area is 181 Å². The minimum atomic E-state index is -3.93. The lowest BCUT2D eigenvalue weighted by atomic mass is 10.2. The van der Waals surface area contributed by atoms with Crippen LogP contribution in [0, 0.1) is 0 Å². The Morgan fingerprint density at radius 1 is 1.07 bits per heavy atom. The van der Waals surface area contributed by atoms with Crippen LogP contribution in [0.1, 0.15) is 5.56 Å². The quantitative estimate of drug-likeness (QED) is 0.542. The molecule has 0 aliphatic carbocycles. The van der Waals surface area contributed by atoms with Crippen molar-refractivity contribution in [1.82, 2.24) is 15.1 Å². The standard InChI is InChI=1S/C20H18BrN3O5S/c1-29-16-6-2-14(3-7-16)12-22-18(25)13-24-20(26)11-10-19(23-24)30(27,28)17-8-4-15(21)5-9-17/h2-11H,12-13H2,1H3,(H,22,25). The number of hydrogen-bond donors (Lipinski definition) is 1. The van der Waals surface area contributed by atoms with Crippen molar-refractivity contribution in [2.75, 3.05) is 7.11 Å². The zero-order valence-electron chi connectivity index (χ0n) is 15.9. The van der Waals surface area contributed by atoms with Gasteiger partial charge >= 0.3 is 0 Å². The molecule has 0 aliphatic rings. The molecule has 3 rings (SSSR count). The molecule has 0 fully saturated rings. The summed E-state index contributed by atoms with van der Waals surface area (Å²) in [6, 6.07) is 15.4. The van der Waals surface area contributed by atoms with E-state index >= 15 is 0 Å². The van der Waals surface area contributed by atoms with Gasteiger partial charge < -0.3 is 10.1 Å². The molecule has 1 amide bonds. The predicted octanol–water partition coefficient (Wildman–Crippen LogP) is 2.16. The molecule has 156 valence electrons. The van der Waals surface area contributed by atoms with Crippen LogP contribution in [-0.4, -0.2) is 31.2 Å². The Balaban J connectivity index is 1.73. The van der Waals surface area contributed by atoms with Crippen molar-refractivity contribution in [1.29, 1.82) is 0 Å². The molecule has 0 saturated carbocycles. The summed E-state index contributed by atoms with van der Waals surface area (Å²) in [6.07, 6.45) is 0. The third-order valence-corrected chi connectivity index (χ3v) is 6.37. The number of rotatable bonds is 7. The van der Waals surface area contributed by atoms with Gasteiger partial charge in [-0.05, 0) is 48.0 Å². The summed E-state index contributed by atoms with van der Waals surface area (Å²) < 4.78 is 32.1. The molecule has 0 atom stereocenters. The molecule has 2 aromatic carbocycles. The second kappa shape index (κ2) is 9.23. The number of ether oxygens (including phenoxy) is 1. The van der Waals surface area contributed by atoms with Crippen molar-refractivity contribution < 1.29 is 17.9 Å². The van der Waals surface area contributed by atoms with E-state index in [0.29, 0.717) is 5.75 Å². The van der Waals surface area contributed by atoms with Gasteiger partial charge in [0.1, 0.15) is 12.3 Å². The van der Waals surface area contributed by atoms with E-state index in [4.69, 9.17) is 4.74 Å². The first kappa shape index (κ1) is 21.7. The zero-order valence-corrected chi connectivity index (χ0v) is 18.3. The van der Waals surface area contributed by atoms with Crippen molar-refractivity contribution in [2.24, 2.45) is 0 Å². The van der Waals surface area contributed by atoms with E-state index in [2.05, 4.69) is 26.3 Å². The third-order valence-electron chi connectivity index (χ3n) is 4.18. The highest BCUT2D eigenvalue weighted by Gasteiger charge is 2.21. The van der Waals surface area contributed by atoms with Crippen molar-refractivity contribution in [2.45, 2.75) is 23.0 Å². The van der Waals surface area contributed by atoms with E-state index in [9.17, 15) is 18.0 Å². The lowest BCUT2D eigenvalue weighted by Gasteiger charge is -2.09. The number of amides is 1. The highest BCUT2D eigenvalue weighted by molar-refractivity contribution is 9.10. The van der Waals surface area contributed by atoms with Crippen LogP contribution < -0.4 is 15.6 Å². The number of halogens is 1. The van der Waals surface area contributed by atoms with Gasteiger partial charge in [-0.2, -0.15) is 5.10 Å². The Kier molecular flexibility index (Phi) is 6.68. The molecule has 0 aliphatic heterocycles. The van der Waals surface area contributed by atoms with Crippen molar-refractivity contribution >= 4 is 31.7 Å². The summed E-state index contributed by atoms with van der Waals surface area (Å²) >= 11 is 3.25. The van der Waals surface area contributed by atoms with Gasteiger partial charge in [0.25, 0.3) is 5.56 Å². The van der Waals surface area contributed by atoms with Crippen molar-refractivity contribution in [3.63, 3.8) is 0 Å². The second-order valence-corrected chi connectivity index (χ2v) is 9.06. The summed E-state index contributed by atoms with van der Waals surface area (Å²) in [5.41, 5.74) is 0.264. The molecule has 0 bridgehead atoms. The van der Waals surface area contributed by atoms with Gasteiger partial charge in [-0.3, -0.25) is 9.59 Å². The summed E-state index contributed by atoms with van der Waals surface area (Å²) in [5, 5.41) is 6.25. The van der Waals surface area contributed by atoms with Gasteiger partial charge in [-0.15, -0.1) is 0 Å². The van der Waals surface area contributed by atoms with Crippen molar-refractivity contribution in [3.05, 3.63) is 81.1 Å². The van der Waals surface area contributed by atoms with Gasteiger partial charge in [-0.25, -0.2) is 13.1 Å². The van der Waals surface area contributed by atoms with Gasteiger partial charge in [0.2, 0.25) is 15.7 Å². The minimum Gasteiger partial charge on any atom is -0.497 e. The van der Waals surface area contributed by atoms with E-state index in [-0.39, 0.29) is 16.5 Å². The lowest BCUT2D eigenvalue weighted by Crippen LogP contribution is -2.33. The van der Waals surface area contributed by atoms with Gasteiger partial charge in [0.15, 0.2) is 5.03 Å². The molecule has 0 unspecified atom stereocenters. The number of benzene rings is 2. The Bertz CT molecular complexity index is 1210. The zero-order chi connectivity index (χ0) is 21.7. The molecule has 10 heteroatoms. The summed E-state index contributed by atoms with van der Waals surface area (Å²) in [4.78, 5) is 24.3. The fourth-order valence-electron chi connectivity index (χ4n) is 2.56. The van der Waals surface area contributed by atoms with E-state index in [1.165, 1.54) is 12.1 Å². The monoisotopic (exact) mass is 491 g/mol. The molecule has 1 aromatic heterocycles.